The molecule has 0 amide bonds. The van der Waals surface area contributed by atoms with Gasteiger partial charge in [0, 0.05) is 16.7 Å². The van der Waals surface area contributed by atoms with Gasteiger partial charge in [-0.3, -0.25) is 0 Å². The molecule has 280 valence electrons. The van der Waals surface area contributed by atoms with Gasteiger partial charge in [0.1, 0.15) is 0 Å². The Labute approximate surface area is 349 Å². The molecule has 0 fully saturated rings. The monoisotopic (exact) mass is 762 g/mol. The summed E-state index contributed by atoms with van der Waals surface area (Å²) in [4.78, 5) is 10.5. The lowest BCUT2D eigenvalue weighted by atomic mass is 9.89. The largest absolute Gasteiger partial charge is 0.228 e. The maximum Gasteiger partial charge on any atom is 0.160 e. The van der Waals surface area contributed by atoms with Gasteiger partial charge < -0.3 is 0 Å². The molecular formula is C58H38N2. The minimum Gasteiger partial charge on any atom is -0.228 e. The molecule has 60 heavy (non-hydrogen) atoms. The van der Waals surface area contributed by atoms with Crippen LogP contribution >= 0.6 is 0 Å². The van der Waals surface area contributed by atoms with Crippen LogP contribution in [0.3, 0.4) is 0 Å². The predicted octanol–water partition coefficient (Wildman–Crippen LogP) is 15.6. The fourth-order valence-corrected chi connectivity index (χ4v) is 8.60. The third-order valence-electron chi connectivity index (χ3n) is 11.7. The van der Waals surface area contributed by atoms with Crippen LogP contribution in [-0.4, -0.2) is 9.97 Å². The first-order valence-corrected chi connectivity index (χ1v) is 20.5. The van der Waals surface area contributed by atoms with Crippen LogP contribution < -0.4 is 0 Å². The lowest BCUT2D eigenvalue weighted by Gasteiger charge is -2.15. The van der Waals surface area contributed by atoms with Gasteiger partial charge in [0.2, 0.25) is 0 Å². The van der Waals surface area contributed by atoms with Crippen LogP contribution in [0.1, 0.15) is 0 Å². The average molecular weight is 763 g/mol. The SMILES string of the molecule is c1ccc(-c2ccc(-c3ccc(-c4cc(-c5cccc(-c6ccccc6)c5)nc(-c5ccc(-c6c7ccccc7cc7c6ccc6ccccc67)cc5)n4)cc3)cc2)cc1. The maximum absolute atomic E-state index is 5.26. The van der Waals surface area contributed by atoms with Crippen molar-refractivity contribution in [1.82, 2.24) is 9.97 Å². The fraction of sp³-hybridized carbons (Fsp3) is 0. The molecule has 2 nitrogen and oxygen atoms in total. The van der Waals surface area contributed by atoms with Crippen molar-refractivity contribution in [3.63, 3.8) is 0 Å². The van der Waals surface area contributed by atoms with Gasteiger partial charge in [-0.25, -0.2) is 9.97 Å². The maximum atomic E-state index is 5.26. The molecule has 11 aromatic rings. The summed E-state index contributed by atoms with van der Waals surface area (Å²) in [6.07, 6.45) is 0. The van der Waals surface area contributed by atoms with E-state index >= 15 is 0 Å². The molecule has 10 aromatic carbocycles. The molecule has 1 heterocycles. The zero-order chi connectivity index (χ0) is 39.8. The molecule has 0 radical (unpaired) electrons. The van der Waals surface area contributed by atoms with Crippen LogP contribution in [0.5, 0.6) is 0 Å². The predicted molar refractivity (Wildman–Crippen MR) is 253 cm³/mol. The molecule has 0 aliphatic rings. The number of aromatic nitrogens is 2. The third kappa shape index (κ3) is 6.61. The van der Waals surface area contributed by atoms with Crippen molar-refractivity contribution >= 4 is 32.3 Å². The van der Waals surface area contributed by atoms with Crippen molar-refractivity contribution in [2.75, 3.05) is 0 Å². The van der Waals surface area contributed by atoms with Crippen LogP contribution in [0.25, 0.3) is 111 Å². The number of fused-ring (bicyclic) bond motifs is 4. The minimum absolute atomic E-state index is 0.688. The Hall–Kier alpha value is -7.94. The van der Waals surface area contributed by atoms with Gasteiger partial charge >= 0.3 is 0 Å². The number of hydrogen-bond donors (Lipinski definition) is 0. The highest BCUT2D eigenvalue weighted by Crippen LogP contribution is 2.40. The summed E-state index contributed by atoms with van der Waals surface area (Å²) in [5.41, 5.74) is 14.3. The van der Waals surface area contributed by atoms with E-state index in [0.717, 1.165) is 44.8 Å². The summed E-state index contributed by atoms with van der Waals surface area (Å²) in [6.45, 7) is 0. The molecular weight excluding hydrogens is 725 g/mol. The Balaban J connectivity index is 1.00. The molecule has 0 bridgehead atoms. The van der Waals surface area contributed by atoms with E-state index in [1.807, 2.05) is 0 Å². The first-order chi connectivity index (χ1) is 29.7. The van der Waals surface area contributed by atoms with Gasteiger partial charge in [-0.05, 0) is 95.0 Å². The van der Waals surface area contributed by atoms with E-state index in [-0.39, 0.29) is 0 Å². The molecule has 0 N–H and O–H groups in total. The Morgan fingerprint density at radius 2 is 0.683 bits per heavy atom. The normalized spacial score (nSPS) is 11.3. The molecule has 0 aliphatic heterocycles. The Kier molecular flexibility index (Phi) is 8.87. The zero-order valence-corrected chi connectivity index (χ0v) is 32.8. The van der Waals surface area contributed by atoms with Crippen molar-refractivity contribution in [2.24, 2.45) is 0 Å². The van der Waals surface area contributed by atoms with Crippen molar-refractivity contribution in [1.29, 1.82) is 0 Å². The van der Waals surface area contributed by atoms with E-state index in [1.165, 1.54) is 60.1 Å². The summed E-state index contributed by atoms with van der Waals surface area (Å²) in [5, 5.41) is 7.49. The fourth-order valence-electron chi connectivity index (χ4n) is 8.60. The van der Waals surface area contributed by atoms with Crippen molar-refractivity contribution < 1.29 is 0 Å². The van der Waals surface area contributed by atoms with E-state index < -0.39 is 0 Å². The number of hydrogen-bond acceptors (Lipinski definition) is 2. The van der Waals surface area contributed by atoms with E-state index in [4.69, 9.17) is 9.97 Å². The van der Waals surface area contributed by atoms with Crippen LogP contribution in [-0.2, 0) is 0 Å². The van der Waals surface area contributed by atoms with Gasteiger partial charge in [0.15, 0.2) is 5.82 Å². The van der Waals surface area contributed by atoms with E-state index in [0.29, 0.717) is 5.82 Å². The average Bonchev–Trinajstić information content (AvgIpc) is 3.34. The zero-order valence-electron chi connectivity index (χ0n) is 32.8. The van der Waals surface area contributed by atoms with Gasteiger partial charge in [-0.2, -0.15) is 0 Å². The molecule has 0 unspecified atom stereocenters. The van der Waals surface area contributed by atoms with E-state index in [2.05, 4.69) is 231 Å². The van der Waals surface area contributed by atoms with Crippen molar-refractivity contribution in [3.8, 4) is 78.4 Å². The first kappa shape index (κ1) is 35.2. The molecule has 0 saturated heterocycles. The summed E-state index contributed by atoms with van der Waals surface area (Å²) < 4.78 is 0. The van der Waals surface area contributed by atoms with Crippen molar-refractivity contribution in [3.05, 3.63) is 231 Å². The topological polar surface area (TPSA) is 25.8 Å². The number of nitrogens with zero attached hydrogens (tertiary/aromatic N) is 2. The highest BCUT2D eigenvalue weighted by Gasteiger charge is 2.15. The summed E-state index contributed by atoms with van der Waals surface area (Å²) in [7, 11) is 0. The Bertz CT molecular complexity index is 3320. The standard InChI is InChI=1S/C58H38N2/c1-3-12-39(13-4-1)41-22-24-42(25-23-41)43-26-28-45(29-27-43)55-38-56(50-19-11-18-48(36-50)40-14-5-2-6-15-40)60-58(59-55)47-32-30-46(31-33-47)57-52-21-10-8-17-49(52)37-54-51-20-9-7-16-44(51)34-35-53(54)57/h1-38H. The summed E-state index contributed by atoms with van der Waals surface area (Å²) >= 11 is 0. The second kappa shape index (κ2) is 15.1. The van der Waals surface area contributed by atoms with Gasteiger partial charge in [-0.1, -0.05) is 212 Å². The summed E-state index contributed by atoms with van der Waals surface area (Å²) in [5.74, 6) is 0.688. The molecule has 2 heteroatoms. The molecule has 1 aromatic heterocycles. The number of rotatable bonds is 7. The van der Waals surface area contributed by atoms with Crippen LogP contribution in [0, 0.1) is 0 Å². The molecule has 11 rings (SSSR count). The first-order valence-electron chi connectivity index (χ1n) is 20.5. The van der Waals surface area contributed by atoms with E-state index in [1.54, 1.807) is 0 Å². The molecule has 0 saturated carbocycles. The Morgan fingerprint density at radius 3 is 1.35 bits per heavy atom. The van der Waals surface area contributed by atoms with Gasteiger partial charge in [0.05, 0.1) is 11.4 Å². The number of benzene rings is 10. The molecule has 0 spiro atoms. The minimum atomic E-state index is 0.688. The molecule has 0 aliphatic carbocycles. The van der Waals surface area contributed by atoms with Crippen LogP contribution in [0.2, 0.25) is 0 Å². The van der Waals surface area contributed by atoms with Crippen LogP contribution in [0.4, 0.5) is 0 Å². The summed E-state index contributed by atoms with van der Waals surface area (Å²) in [6, 6.07) is 82.4. The quantitative estimate of drug-likeness (QED) is 0.119. The van der Waals surface area contributed by atoms with Gasteiger partial charge in [0.25, 0.3) is 0 Å². The van der Waals surface area contributed by atoms with E-state index in [9.17, 15) is 0 Å². The van der Waals surface area contributed by atoms with Gasteiger partial charge in [-0.15, -0.1) is 0 Å². The molecule has 0 atom stereocenters. The lowest BCUT2D eigenvalue weighted by molar-refractivity contribution is 1.18. The smallest absolute Gasteiger partial charge is 0.160 e. The Morgan fingerprint density at radius 1 is 0.217 bits per heavy atom. The highest BCUT2D eigenvalue weighted by atomic mass is 14.9. The lowest BCUT2D eigenvalue weighted by Crippen LogP contribution is -1.96. The highest BCUT2D eigenvalue weighted by molar-refractivity contribution is 6.20. The van der Waals surface area contributed by atoms with Crippen LogP contribution in [0.15, 0.2) is 231 Å². The third-order valence-corrected chi connectivity index (χ3v) is 11.7. The second-order valence-corrected chi connectivity index (χ2v) is 15.4. The second-order valence-electron chi connectivity index (χ2n) is 15.4. The van der Waals surface area contributed by atoms with Crippen molar-refractivity contribution in [2.45, 2.75) is 0 Å².